The van der Waals surface area contributed by atoms with Crippen LogP contribution in [0.2, 0.25) is 5.02 Å². The maximum Gasteiger partial charge on any atom is 0.252 e. The molecule has 0 aromatic heterocycles. The summed E-state index contributed by atoms with van der Waals surface area (Å²) < 4.78 is 0. The maximum absolute atomic E-state index is 11.5. The first-order chi connectivity index (χ1) is 8.06. The van der Waals surface area contributed by atoms with Gasteiger partial charge < -0.3 is 11.1 Å². The van der Waals surface area contributed by atoms with Crippen LogP contribution in [0.5, 0.6) is 0 Å². The van der Waals surface area contributed by atoms with E-state index in [1.165, 1.54) is 6.07 Å². The fraction of sp³-hybridized carbons (Fsp3) is 0.273. The quantitative estimate of drug-likeness (QED) is 0.810. The molecule has 4 nitrogen and oxygen atoms in total. The normalized spacial score (nSPS) is 10.0. The van der Waals surface area contributed by atoms with Crippen LogP contribution in [-0.2, 0) is 4.79 Å². The van der Waals surface area contributed by atoms with E-state index in [9.17, 15) is 9.59 Å². The van der Waals surface area contributed by atoms with Crippen molar-refractivity contribution in [3.63, 3.8) is 0 Å². The first-order valence-corrected chi connectivity index (χ1v) is 5.91. The summed E-state index contributed by atoms with van der Waals surface area (Å²) in [5, 5.41) is 2.80. The zero-order valence-electron chi connectivity index (χ0n) is 9.00. The van der Waals surface area contributed by atoms with Gasteiger partial charge in [-0.2, -0.15) is 0 Å². The number of alkyl halides is 1. The molecule has 17 heavy (non-hydrogen) atoms. The molecular formula is C11H12Cl2N2O2. The average molecular weight is 275 g/mol. The fourth-order valence-corrected chi connectivity index (χ4v) is 1.72. The summed E-state index contributed by atoms with van der Waals surface area (Å²) >= 11 is 11.3. The SMILES string of the molecule is NC(=O)c1c(Cl)cccc1NC(=O)CCCCl. The van der Waals surface area contributed by atoms with E-state index in [0.717, 1.165) is 0 Å². The Morgan fingerprint density at radius 2 is 2.06 bits per heavy atom. The van der Waals surface area contributed by atoms with E-state index in [1.54, 1.807) is 12.1 Å². The van der Waals surface area contributed by atoms with Crippen molar-refractivity contribution in [2.75, 3.05) is 11.2 Å². The Hall–Kier alpha value is -1.26. The molecule has 0 saturated carbocycles. The Morgan fingerprint density at radius 3 is 2.65 bits per heavy atom. The van der Waals surface area contributed by atoms with Crippen molar-refractivity contribution in [1.82, 2.24) is 0 Å². The minimum absolute atomic E-state index is 0.119. The van der Waals surface area contributed by atoms with Crippen molar-refractivity contribution in [3.05, 3.63) is 28.8 Å². The van der Waals surface area contributed by atoms with E-state index in [4.69, 9.17) is 28.9 Å². The number of carbonyl (C=O) groups excluding carboxylic acids is 2. The van der Waals surface area contributed by atoms with Gasteiger partial charge in [-0.1, -0.05) is 17.7 Å². The molecular weight excluding hydrogens is 263 g/mol. The summed E-state index contributed by atoms with van der Waals surface area (Å²) in [5.41, 5.74) is 5.64. The van der Waals surface area contributed by atoms with Gasteiger partial charge in [0.05, 0.1) is 16.3 Å². The van der Waals surface area contributed by atoms with E-state index < -0.39 is 5.91 Å². The zero-order chi connectivity index (χ0) is 12.8. The Bertz CT molecular complexity index is 435. The standard InChI is InChI=1S/C11H12Cl2N2O2/c12-6-2-5-9(16)15-8-4-1-3-7(13)10(8)11(14)17/h1,3-4H,2,5-6H2,(H2,14,17)(H,15,16). The minimum Gasteiger partial charge on any atom is -0.365 e. The number of primary amides is 1. The van der Waals surface area contributed by atoms with Gasteiger partial charge in [0.15, 0.2) is 0 Å². The number of hydrogen-bond acceptors (Lipinski definition) is 2. The number of rotatable bonds is 5. The number of anilines is 1. The largest absolute Gasteiger partial charge is 0.365 e. The van der Waals surface area contributed by atoms with Crippen molar-refractivity contribution in [1.29, 1.82) is 0 Å². The van der Waals surface area contributed by atoms with Crippen LogP contribution in [0.25, 0.3) is 0 Å². The van der Waals surface area contributed by atoms with Gasteiger partial charge in [0, 0.05) is 12.3 Å². The molecule has 0 radical (unpaired) electrons. The van der Waals surface area contributed by atoms with Crippen molar-refractivity contribution >= 4 is 40.7 Å². The first-order valence-electron chi connectivity index (χ1n) is 5.00. The molecule has 0 bridgehead atoms. The minimum atomic E-state index is -0.678. The molecule has 0 saturated heterocycles. The summed E-state index contributed by atoms with van der Waals surface area (Å²) in [6.07, 6.45) is 0.855. The van der Waals surface area contributed by atoms with Crippen LogP contribution in [-0.4, -0.2) is 17.7 Å². The highest BCUT2D eigenvalue weighted by Gasteiger charge is 2.14. The second-order valence-electron chi connectivity index (χ2n) is 3.37. The molecule has 0 atom stereocenters. The van der Waals surface area contributed by atoms with E-state index in [-0.39, 0.29) is 22.9 Å². The molecule has 0 aliphatic rings. The molecule has 0 spiro atoms. The third-order valence-corrected chi connectivity index (χ3v) is 2.65. The van der Waals surface area contributed by atoms with Crippen LogP contribution >= 0.6 is 23.2 Å². The molecule has 0 unspecified atom stereocenters. The maximum atomic E-state index is 11.5. The van der Waals surface area contributed by atoms with Gasteiger partial charge in [0.25, 0.3) is 5.91 Å². The molecule has 6 heteroatoms. The highest BCUT2D eigenvalue weighted by atomic mass is 35.5. The van der Waals surface area contributed by atoms with E-state index in [2.05, 4.69) is 5.32 Å². The molecule has 2 amide bonds. The van der Waals surface area contributed by atoms with E-state index in [1.807, 2.05) is 0 Å². The van der Waals surface area contributed by atoms with Gasteiger partial charge in [-0.15, -0.1) is 11.6 Å². The van der Waals surface area contributed by atoms with Crippen LogP contribution in [0.3, 0.4) is 0 Å². The molecule has 0 fully saturated rings. The Labute approximate surface area is 109 Å². The lowest BCUT2D eigenvalue weighted by Gasteiger charge is -2.09. The molecule has 0 aliphatic heterocycles. The molecule has 1 aromatic carbocycles. The Kier molecular flexibility index (Phi) is 5.25. The number of nitrogens with one attached hydrogen (secondary N) is 1. The molecule has 0 heterocycles. The van der Waals surface area contributed by atoms with Crippen LogP contribution in [0.4, 0.5) is 5.69 Å². The predicted molar refractivity (Wildman–Crippen MR) is 68.6 cm³/mol. The highest BCUT2D eigenvalue weighted by Crippen LogP contribution is 2.23. The number of carbonyl (C=O) groups is 2. The number of hydrogen-bond donors (Lipinski definition) is 2. The first kappa shape index (κ1) is 13.8. The van der Waals surface area contributed by atoms with Gasteiger partial charge in [0.2, 0.25) is 5.91 Å². The van der Waals surface area contributed by atoms with Crippen molar-refractivity contribution in [3.8, 4) is 0 Å². The van der Waals surface area contributed by atoms with Gasteiger partial charge in [-0.3, -0.25) is 9.59 Å². The second kappa shape index (κ2) is 6.47. The molecule has 0 aliphatic carbocycles. The van der Waals surface area contributed by atoms with Crippen LogP contribution in [0, 0.1) is 0 Å². The van der Waals surface area contributed by atoms with Gasteiger partial charge in [0.1, 0.15) is 0 Å². The zero-order valence-corrected chi connectivity index (χ0v) is 10.5. The highest BCUT2D eigenvalue weighted by molar-refractivity contribution is 6.34. The topological polar surface area (TPSA) is 72.2 Å². The van der Waals surface area contributed by atoms with Crippen LogP contribution in [0.1, 0.15) is 23.2 Å². The lowest BCUT2D eigenvalue weighted by molar-refractivity contribution is -0.116. The smallest absolute Gasteiger partial charge is 0.252 e. The Morgan fingerprint density at radius 1 is 1.35 bits per heavy atom. The molecule has 1 rings (SSSR count). The number of nitrogens with two attached hydrogens (primary N) is 1. The van der Waals surface area contributed by atoms with Gasteiger partial charge in [-0.05, 0) is 18.6 Å². The fourth-order valence-electron chi connectivity index (χ4n) is 1.32. The summed E-state index contributed by atoms with van der Waals surface area (Å²) in [7, 11) is 0. The van der Waals surface area contributed by atoms with Crippen molar-refractivity contribution in [2.45, 2.75) is 12.8 Å². The summed E-state index contributed by atoms with van der Waals surface area (Å²) in [5.74, 6) is -0.496. The summed E-state index contributed by atoms with van der Waals surface area (Å²) in [4.78, 5) is 22.7. The lowest BCUT2D eigenvalue weighted by atomic mass is 10.1. The lowest BCUT2D eigenvalue weighted by Crippen LogP contribution is -2.18. The number of halogens is 2. The molecule has 1 aromatic rings. The van der Waals surface area contributed by atoms with Gasteiger partial charge in [-0.25, -0.2) is 0 Å². The third kappa shape index (κ3) is 3.91. The van der Waals surface area contributed by atoms with E-state index in [0.29, 0.717) is 18.0 Å². The monoisotopic (exact) mass is 274 g/mol. The summed E-state index contributed by atoms with van der Waals surface area (Å²) in [6.45, 7) is 0. The predicted octanol–water partition coefficient (Wildman–Crippen LogP) is 2.40. The van der Waals surface area contributed by atoms with Crippen LogP contribution in [0.15, 0.2) is 18.2 Å². The van der Waals surface area contributed by atoms with Gasteiger partial charge >= 0.3 is 0 Å². The second-order valence-corrected chi connectivity index (χ2v) is 4.15. The number of benzene rings is 1. The third-order valence-electron chi connectivity index (χ3n) is 2.07. The molecule has 3 N–H and O–H groups in total. The van der Waals surface area contributed by atoms with Crippen molar-refractivity contribution in [2.24, 2.45) is 5.73 Å². The van der Waals surface area contributed by atoms with Crippen molar-refractivity contribution < 1.29 is 9.59 Å². The summed E-state index contributed by atoms with van der Waals surface area (Å²) in [6, 6.07) is 4.74. The molecule has 92 valence electrons. The van der Waals surface area contributed by atoms with Crippen LogP contribution < -0.4 is 11.1 Å². The Balaban J connectivity index is 2.87. The number of amides is 2. The van der Waals surface area contributed by atoms with E-state index >= 15 is 0 Å². The average Bonchev–Trinajstić information content (AvgIpc) is 2.25.